The molecule has 15 heavy (non-hydrogen) atoms. The molecule has 2 nitrogen and oxygen atoms in total. The van der Waals surface area contributed by atoms with Gasteiger partial charge in [-0.05, 0) is 17.9 Å². The molecule has 1 rings (SSSR count). The van der Waals surface area contributed by atoms with Crippen LogP contribution in [0.15, 0.2) is 28.7 Å². The molecule has 0 aliphatic carbocycles. The first-order chi connectivity index (χ1) is 7.15. The van der Waals surface area contributed by atoms with Crippen LogP contribution < -0.4 is 0 Å². The molecular weight excluding hydrogens is 274 g/mol. The maximum absolute atomic E-state index is 11.5. The smallest absolute Gasteiger partial charge is 0.232 e. The lowest BCUT2D eigenvalue weighted by molar-refractivity contribution is -0.127. The number of nitrogens with zero attached hydrogens (tertiary/aromatic N) is 1. The summed E-state index contributed by atoms with van der Waals surface area (Å²) in [5.74, 6) is 0.708. The molecule has 0 saturated carbocycles. The van der Waals surface area contributed by atoms with Gasteiger partial charge in [-0.1, -0.05) is 34.1 Å². The lowest BCUT2D eigenvalue weighted by atomic mass is 10.2. The van der Waals surface area contributed by atoms with Gasteiger partial charge in [0.1, 0.15) is 0 Å². The topological polar surface area (TPSA) is 20.3 Å². The molecule has 0 atom stereocenters. The van der Waals surface area contributed by atoms with Crippen LogP contribution in [-0.4, -0.2) is 29.9 Å². The van der Waals surface area contributed by atoms with Crippen LogP contribution in [0.1, 0.15) is 5.56 Å². The van der Waals surface area contributed by atoms with Crippen LogP contribution in [-0.2, 0) is 11.3 Å². The van der Waals surface area contributed by atoms with Crippen LogP contribution in [0.3, 0.4) is 0 Å². The fourth-order valence-corrected chi connectivity index (χ4v) is 2.08. The first-order valence-electron chi connectivity index (χ1n) is 4.61. The predicted octanol–water partition coefficient (Wildman–Crippen LogP) is 2.77. The molecule has 0 spiro atoms. The van der Waals surface area contributed by atoms with E-state index in [9.17, 15) is 4.79 Å². The van der Waals surface area contributed by atoms with Crippen LogP contribution in [0.5, 0.6) is 0 Å². The van der Waals surface area contributed by atoms with Gasteiger partial charge in [0.2, 0.25) is 5.91 Å². The minimum Gasteiger partial charge on any atom is -0.341 e. The monoisotopic (exact) mass is 287 g/mol. The van der Waals surface area contributed by atoms with Gasteiger partial charge in [0.25, 0.3) is 0 Å². The van der Waals surface area contributed by atoms with Crippen molar-refractivity contribution >= 4 is 33.6 Å². The van der Waals surface area contributed by atoms with E-state index in [1.165, 1.54) is 0 Å². The zero-order chi connectivity index (χ0) is 11.3. The summed E-state index contributed by atoms with van der Waals surface area (Å²) in [5, 5.41) is 0. The number of hydrogen-bond acceptors (Lipinski definition) is 2. The van der Waals surface area contributed by atoms with E-state index < -0.39 is 0 Å². The summed E-state index contributed by atoms with van der Waals surface area (Å²) >= 11 is 5.02. The van der Waals surface area contributed by atoms with Crippen molar-refractivity contribution in [3.8, 4) is 0 Å². The molecule has 0 heterocycles. The van der Waals surface area contributed by atoms with E-state index in [0.717, 1.165) is 10.0 Å². The average molecular weight is 288 g/mol. The Morgan fingerprint density at radius 2 is 2.13 bits per heavy atom. The number of benzene rings is 1. The Balaban J connectivity index is 2.62. The molecule has 0 aliphatic rings. The minimum atomic E-state index is 0.165. The van der Waals surface area contributed by atoms with Crippen molar-refractivity contribution in [1.29, 1.82) is 0 Å². The fourth-order valence-electron chi connectivity index (χ4n) is 1.20. The first-order valence-corrected chi connectivity index (χ1v) is 6.80. The second kappa shape index (κ2) is 6.18. The molecule has 0 unspecified atom stereocenters. The largest absolute Gasteiger partial charge is 0.341 e. The van der Waals surface area contributed by atoms with E-state index in [1.807, 2.05) is 37.6 Å². The van der Waals surface area contributed by atoms with Crippen LogP contribution in [0.25, 0.3) is 0 Å². The Morgan fingerprint density at radius 1 is 1.47 bits per heavy atom. The summed E-state index contributed by atoms with van der Waals surface area (Å²) in [5.41, 5.74) is 1.13. The Kier molecular flexibility index (Phi) is 5.19. The quantitative estimate of drug-likeness (QED) is 0.849. The summed E-state index contributed by atoms with van der Waals surface area (Å²) in [7, 11) is 1.83. The fraction of sp³-hybridized carbons (Fsp3) is 0.364. The van der Waals surface area contributed by atoms with Crippen molar-refractivity contribution in [3.63, 3.8) is 0 Å². The molecule has 0 fully saturated rings. The third kappa shape index (κ3) is 3.87. The molecule has 1 amide bonds. The second-order valence-electron chi connectivity index (χ2n) is 3.27. The molecule has 0 aromatic heterocycles. The zero-order valence-corrected chi connectivity index (χ0v) is 11.3. The van der Waals surface area contributed by atoms with Crippen LogP contribution in [0.2, 0.25) is 0 Å². The summed E-state index contributed by atoms with van der Waals surface area (Å²) in [6.07, 6.45) is 1.93. The SMILES string of the molecule is CSCC(=O)N(C)Cc1ccccc1Br. The van der Waals surface area contributed by atoms with Gasteiger partial charge < -0.3 is 4.90 Å². The molecule has 4 heteroatoms. The molecule has 0 N–H and O–H groups in total. The normalized spacial score (nSPS) is 10.1. The Hall–Kier alpha value is -0.480. The van der Waals surface area contributed by atoms with Gasteiger partial charge in [0.15, 0.2) is 0 Å². The van der Waals surface area contributed by atoms with Crippen LogP contribution >= 0.6 is 27.7 Å². The Labute approximate surface area is 103 Å². The Morgan fingerprint density at radius 3 is 2.73 bits per heavy atom. The Bertz CT molecular complexity index is 343. The number of thioether (sulfide) groups is 1. The second-order valence-corrected chi connectivity index (χ2v) is 4.99. The third-order valence-electron chi connectivity index (χ3n) is 2.06. The van der Waals surface area contributed by atoms with Gasteiger partial charge in [0, 0.05) is 18.1 Å². The lowest BCUT2D eigenvalue weighted by Crippen LogP contribution is -2.27. The van der Waals surface area contributed by atoms with Crippen molar-refractivity contribution < 1.29 is 4.79 Å². The first kappa shape index (κ1) is 12.6. The average Bonchev–Trinajstić information content (AvgIpc) is 2.21. The van der Waals surface area contributed by atoms with E-state index in [2.05, 4.69) is 15.9 Å². The highest BCUT2D eigenvalue weighted by Gasteiger charge is 2.09. The van der Waals surface area contributed by atoms with Crippen LogP contribution in [0, 0.1) is 0 Å². The standard InChI is InChI=1S/C11H14BrNOS/c1-13(11(14)8-15-2)7-9-5-3-4-6-10(9)12/h3-6H,7-8H2,1-2H3. The summed E-state index contributed by atoms with van der Waals surface area (Å²) in [4.78, 5) is 13.3. The number of amides is 1. The highest BCUT2D eigenvalue weighted by atomic mass is 79.9. The third-order valence-corrected chi connectivity index (χ3v) is 3.37. The molecular formula is C11H14BrNOS. The van der Waals surface area contributed by atoms with Gasteiger partial charge in [0.05, 0.1) is 5.75 Å². The molecule has 82 valence electrons. The molecule has 0 bridgehead atoms. The van der Waals surface area contributed by atoms with Crippen molar-refractivity contribution in [2.75, 3.05) is 19.1 Å². The van der Waals surface area contributed by atoms with Gasteiger partial charge in [-0.3, -0.25) is 4.79 Å². The number of rotatable bonds is 4. The number of carbonyl (C=O) groups excluding carboxylic acids is 1. The predicted molar refractivity (Wildman–Crippen MR) is 69.0 cm³/mol. The van der Waals surface area contributed by atoms with E-state index in [4.69, 9.17) is 0 Å². The lowest BCUT2D eigenvalue weighted by Gasteiger charge is -2.17. The van der Waals surface area contributed by atoms with Gasteiger partial charge in [-0.25, -0.2) is 0 Å². The molecule has 0 radical (unpaired) electrons. The molecule has 0 aliphatic heterocycles. The highest BCUT2D eigenvalue weighted by Crippen LogP contribution is 2.17. The summed E-state index contributed by atoms with van der Waals surface area (Å²) in [6, 6.07) is 7.96. The number of halogens is 1. The van der Waals surface area contributed by atoms with Gasteiger partial charge in [-0.2, -0.15) is 11.8 Å². The van der Waals surface area contributed by atoms with Gasteiger partial charge >= 0.3 is 0 Å². The zero-order valence-electron chi connectivity index (χ0n) is 8.87. The maximum Gasteiger partial charge on any atom is 0.232 e. The van der Waals surface area contributed by atoms with Crippen molar-refractivity contribution in [3.05, 3.63) is 34.3 Å². The molecule has 1 aromatic rings. The van der Waals surface area contributed by atoms with Crippen molar-refractivity contribution in [1.82, 2.24) is 4.90 Å². The maximum atomic E-state index is 11.5. The molecule has 1 aromatic carbocycles. The van der Waals surface area contributed by atoms with E-state index in [1.54, 1.807) is 16.7 Å². The summed E-state index contributed by atoms with van der Waals surface area (Å²) in [6.45, 7) is 0.654. The van der Waals surface area contributed by atoms with Gasteiger partial charge in [-0.15, -0.1) is 0 Å². The highest BCUT2D eigenvalue weighted by molar-refractivity contribution is 9.10. The van der Waals surface area contributed by atoms with E-state index in [0.29, 0.717) is 12.3 Å². The number of hydrogen-bond donors (Lipinski definition) is 0. The van der Waals surface area contributed by atoms with E-state index in [-0.39, 0.29) is 5.91 Å². The van der Waals surface area contributed by atoms with E-state index >= 15 is 0 Å². The van der Waals surface area contributed by atoms with Crippen molar-refractivity contribution in [2.24, 2.45) is 0 Å². The van der Waals surface area contributed by atoms with Crippen molar-refractivity contribution in [2.45, 2.75) is 6.54 Å². The summed E-state index contributed by atoms with van der Waals surface area (Å²) < 4.78 is 1.05. The minimum absolute atomic E-state index is 0.165. The van der Waals surface area contributed by atoms with Crippen LogP contribution in [0.4, 0.5) is 0 Å². The molecule has 0 saturated heterocycles. The number of carbonyl (C=O) groups is 1.